The molecule has 27 heavy (non-hydrogen) atoms. The molecule has 1 aromatic carbocycles. The molecular weight excluding hydrogens is 428 g/mol. The van der Waals surface area contributed by atoms with Crippen molar-refractivity contribution < 1.29 is 14.3 Å². The summed E-state index contributed by atoms with van der Waals surface area (Å²) in [6, 6.07) is 3.95. The molecule has 146 valence electrons. The van der Waals surface area contributed by atoms with E-state index in [9.17, 15) is 4.79 Å². The molecular formula is C20H25BrN2O3S. The lowest BCUT2D eigenvalue weighted by Gasteiger charge is -2.30. The molecule has 0 N–H and O–H groups in total. The van der Waals surface area contributed by atoms with Gasteiger partial charge in [0, 0.05) is 17.6 Å². The number of carbonyl (C=O) groups excluding carboxylic acids is 1. The molecule has 1 aliphatic heterocycles. The van der Waals surface area contributed by atoms with Crippen molar-refractivity contribution in [2.45, 2.75) is 45.1 Å². The summed E-state index contributed by atoms with van der Waals surface area (Å²) in [5, 5.41) is 0.590. The van der Waals surface area contributed by atoms with Crippen LogP contribution in [0.5, 0.6) is 11.5 Å². The fourth-order valence-corrected chi connectivity index (χ4v) is 4.44. The predicted molar refractivity (Wildman–Crippen MR) is 114 cm³/mol. The summed E-state index contributed by atoms with van der Waals surface area (Å²) in [7, 11) is 3.46. The predicted octanol–water partition coefficient (Wildman–Crippen LogP) is 4.59. The van der Waals surface area contributed by atoms with Crippen LogP contribution in [0.1, 0.15) is 44.6 Å². The van der Waals surface area contributed by atoms with Gasteiger partial charge in [0.05, 0.1) is 13.7 Å². The minimum Gasteiger partial charge on any atom is -0.493 e. The summed E-state index contributed by atoms with van der Waals surface area (Å²) in [5.74, 6) is 1.28. The van der Waals surface area contributed by atoms with E-state index >= 15 is 0 Å². The van der Waals surface area contributed by atoms with Crippen LogP contribution in [0.4, 0.5) is 0 Å². The van der Waals surface area contributed by atoms with Crippen molar-refractivity contribution in [3.8, 4) is 11.5 Å². The zero-order chi connectivity index (χ0) is 19.6. The highest BCUT2D eigenvalue weighted by atomic mass is 79.9. The van der Waals surface area contributed by atoms with Crippen molar-refractivity contribution in [2.75, 3.05) is 20.8 Å². The number of benzene rings is 1. The van der Waals surface area contributed by atoms with Gasteiger partial charge >= 0.3 is 0 Å². The Balaban J connectivity index is 1.94. The number of rotatable bonds is 5. The molecule has 1 amide bonds. The number of hydrogen-bond acceptors (Lipinski definition) is 4. The summed E-state index contributed by atoms with van der Waals surface area (Å²) >= 11 is 9.16. The molecule has 0 spiro atoms. The third-order valence-corrected chi connectivity index (χ3v) is 6.26. The van der Waals surface area contributed by atoms with Crippen LogP contribution >= 0.6 is 28.1 Å². The van der Waals surface area contributed by atoms with E-state index in [4.69, 9.17) is 21.7 Å². The van der Waals surface area contributed by atoms with Crippen LogP contribution in [0.25, 0.3) is 6.08 Å². The Kier molecular flexibility index (Phi) is 6.42. The molecule has 1 heterocycles. The minimum atomic E-state index is -0.0193. The molecule has 0 bridgehead atoms. The average Bonchev–Trinajstić information content (AvgIpc) is 2.88. The molecule has 1 saturated heterocycles. The van der Waals surface area contributed by atoms with Gasteiger partial charge < -0.3 is 14.4 Å². The van der Waals surface area contributed by atoms with Crippen LogP contribution in [0.15, 0.2) is 22.3 Å². The Bertz CT molecular complexity index is 775. The second-order valence-electron chi connectivity index (χ2n) is 6.80. The monoisotopic (exact) mass is 452 g/mol. The average molecular weight is 453 g/mol. The first-order chi connectivity index (χ1) is 13.0. The van der Waals surface area contributed by atoms with Crippen LogP contribution in [0.2, 0.25) is 0 Å². The van der Waals surface area contributed by atoms with Crippen molar-refractivity contribution in [2.24, 2.45) is 0 Å². The van der Waals surface area contributed by atoms with Gasteiger partial charge in [-0.3, -0.25) is 9.69 Å². The zero-order valence-corrected chi connectivity index (χ0v) is 18.4. The number of amides is 1. The fraction of sp³-hybridized carbons (Fsp3) is 0.500. The molecule has 2 aliphatic rings. The Morgan fingerprint density at radius 3 is 2.59 bits per heavy atom. The third-order valence-electron chi connectivity index (χ3n) is 5.11. The zero-order valence-electron chi connectivity index (χ0n) is 16.0. The number of hydrogen-bond donors (Lipinski definition) is 0. The molecule has 1 aromatic rings. The first-order valence-corrected chi connectivity index (χ1v) is 10.5. The molecule has 1 aliphatic carbocycles. The van der Waals surface area contributed by atoms with Crippen molar-refractivity contribution in [1.82, 2.24) is 9.80 Å². The van der Waals surface area contributed by atoms with Gasteiger partial charge in [-0.2, -0.15) is 0 Å². The maximum Gasteiger partial charge on any atom is 0.277 e. The van der Waals surface area contributed by atoms with Gasteiger partial charge in [-0.25, -0.2) is 0 Å². The standard InChI is InChI=1S/C20H25BrN2O3S/c1-4-26-18-12-15(21)13(11-17(18)25-3)10-16-19(24)23(20(27)22(16)2)14-8-6-5-7-9-14/h10-12,14H,4-9H2,1-3H3. The summed E-state index contributed by atoms with van der Waals surface area (Å²) in [5.41, 5.74) is 1.43. The smallest absolute Gasteiger partial charge is 0.277 e. The topological polar surface area (TPSA) is 42.0 Å². The number of likely N-dealkylation sites (N-methyl/N-ethyl adjacent to an activating group) is 1. The van der Waals surface area contributed by atoms with Crippen LogP contribution in [-0.4, -0.2) is 47.6 Å². The molecule has 1 saturated carbocycles. The maximum absolute atomic E-state index is 13.1. The minimum absolute atomic E-state index is 0.0193. The van der Waals surface area contributed by atoms with Crippen molar-refractivity contribution in [1.29, 1.82) is 0 Å². The molecule has 0 aromatic heterocycles. The lowest BCUT2D eigenvalue weighted by atomic mass is 9.94. The van der Waals surface area contributed by atoms with Gasteiger partial charge in [0.15, 0.2) is 16.6 Å². The number of thiocarbonyl (C=S) groups is 1. The van der Waals surface area contributed by atoms with Crippen LogP contribution < -0.4 is 9.47 Å². The van der Waals surface area contributed by atoms with Gasteiger partial charge in [-0.1, -0.05) is 35.2 Å². The highest BCUT2D eigenvalue weighted by molar-refractivity contribution is 9.10. The number of ether oxygens (including phenoxy) is 2. The van der Waals surface area contributed by atoms with Crippen LogP contribution in [-0.2, 0) is 4.79 Å². The maximum atomic E-state index is 13.1. The second-order valence-corrected chi connectivity index (χ2v) is 8.02. The first kappa shape index (κ1) is 20.1. The number of halogens is 1. The molecule has 5 nitrogen and oxygen atoms in total. The van der Waals surface area contributed by atoms with Crippen LogP contribution in [0, 0.1) is 0 Å². The van der Waals surface area contributed by atoms with Gasteiger partial charge in [0.1, 0.15) is 5.70 Å². The highest BCUT2D eigenvalue weighted by Gasteiger charge is 2.40. The van der Waals surface area contributed by atoms with Crippen LogP contribution in [0.3, 0.4) is 0 Å². The molecule has 0 unspecified atom stereocenters. The quantitative estimate of drug-likeness (QED) is 0.482. The lowest BCUT2D eigenvalue weighted by Crippen LogP contribution is -2.41. The second kappa shape index (κ2) is 8.61. The SMILES string of the molecule is CCOc1cc(Br)c(C=C2C(=O)N(C3CCCCC3)C(=S)N2C)cc1OC. The Hall–Kier alpha value is -1.60. The largest absolute Gasteiger partial charge is 0.493 e. The van der Waals surface area contributed by atoms with Crippen molar-refractivity contribution in [3.05, 3.63) is 27.9 Å². The summed E-state index contributed by atoms with van der Waals surface area (Å²) in [6.07, 6.45) is 7.45. The van der Waals surface area contributed by atoms with E-state index in [1.807, 2.05) is 37.1 Å². The molecule has 2 fully saturated rings. The van der Waals surface area contributed by atoms with Gasteiger partial charge in [-0.05, 0) is 55.8 Å². The Morgan fingerprint density at radius 1 is 1.26 bits per heavy atom. The van der Waals surface area contributed by atoms with E-state index in [2.05, 4.69) is 15.9 Å². The summed E-state index contributed by atoms with van der Waals surface area (Å²) < 4.78 is 11.9. The third kappa shape index (κ3) is 3.99. The Labute approximate surface area is 174 Å². The van der Waals surface area contributed by atoms with E-state index in [1.165, 1.54) is 6.42 Å². The van der Waals surface area contributed by atoms with E-state index in [1.54, 1.807) is 12.0 Å². The normalized spacial score (nSPS) is 19.9. The van der Waals surface area contributed by atoms with E-state index < -0.39 is 0 Å². The molecule has 0 radical (unpaired) electrons. The van der Waals surface area contributed by atoms with Gasteiger partial charge in [0.25, 0.3) is 5.91 Å². The summed E-state index contributed by atoms with van der Waals surface area (Å²) in [4.78, 5) is 16.7. The Morgan fingerprint density at radius 2 is 1.96 bits per heavy atom. The first-order valence-electron chi connectivity index (χ1n) is 9.31. The number of nitrogens with zero attached hydrogens (tertiary/aromatic N) is 2. The molecule has 3 rings (SSSR count). The number of methoxy groups -OCH3 is 1. The van der Waals surface area contributed by atoms with Crippen molar-refractivity contribution in [3.63, 3.8) is 0 Å². The fourth-order valence-electron chi connectivity index (χ4n) is 3.67. The number of carbonyl (C=O) groups is 1. The van der Waals surface area contributed by atoms with Gasteiger partial charge in [0.2, 0.25) is 0 Å². The summed E-state index contributed by atoms with van der Waals surface area (Å²) in [6.45, 7) is 2.48. The van der Waals surface area contributed by atoms with E-state index in [0.717, 1.165) is 35.7 Å². The molecule has 7 heteroatoms. The van der Waals surface area contributed by atoms with Crippen molar-refractivity contribution >= 4 is 45.2 Å². The highest BCUT2D eigenvalue weighted by Crippen LogP contribution is 2.36. The van der Waals surface area contributed by atoms with E-state index in [-0.39, 0.29) is 11.9 Å². The van der Waals surface area contributed by atoms with E-state index in [0.29, 0.717) is 28.9 Å². The van der Waals surface area contributed by atoms with Gasteiger partial charge in [-0.15, -0.1) is 0 Å². The lowest BCUT2D eigenvalue weighted by molar-refractivity contribution is -0.124. The molecule has 0 atom stereocenters.